The number of nitriles is 1. The molecule has 106 valence electrons. The molecule has 0 aliphatic heterocycles. The number of nitro groups is 1. The Morgan fingerprint density at radius 3 is 2.81 bits per heavy atom. The predicted octanol–water partition coefficient (Wildman–Crippen LogP) is 4.46. The van der Waals surface area contributed by atoms with Crippen molar-refractivity contribution in [3.05, 3.63) is 67.1 Å². The lowest BCUT2D eigenvalue weighted by Crippen LogP contribution is -2.00. The maximum absolute atomic E-state index is 10.9. The maximum atomic E-state index is 10.9. The van der Waals surface area contributed by atoms with E-state index in [-0.39, 0.29) is 12.3 Å². The first kappa shape index (κ1) is 15.3. The molecule has 0 atom stereocenters. The number of ether oxygens (including phenoxy) is 1. The Balaban J connectivity index is 2.25. The van der Waals surface area contributed by atoms with Crippen molar-refractivity contribution in [2.24, 2.45) is 0 Å². The van der Waals surface area contributed by atoms with Crippen LogP contribution in [-0.2, 0) is 6.61 Å². The van der Waals surface area contributed by atoms with Crippen molar-refractivity contribution in [1.82, 2.24) is 0 Å². The monoisotopic (exact) mass is 366 g/mol. The van der Waals surface area contributed by atoms with E-state index < -0.39 is 4.92 Å². The standard InChI is InChI=1S/C14H8BrClN2O3/c15-14-10(2-1-3-12(14)18(19)20)8-21-13-6-11(16)5-4-9(13)7-17/h1-6H,8H2. The number of rotatable bonds is 4. The van der Waals surface area contributed by atoms with Gasteiger partial charge in [0.05, 0.1) is 10.5 Å². The molecule has 7 heteroatoms. The van der Waals surface area contributed by atoms with Gasteiger partial charge in [-0.2, -0.15) is 5.26 Å². The first-order valence-corrected chi connectivity index (χ1v) is 6.94. The second-order valence-electron chi connectivity index (χ2n) is 4.05. The summed E-state index contributed by atoms with van der Waals surface area (Å²) >= 11 is 9.06. The number of hydrogen-bond acceptors (Lipinski definition) is 4. The summed E-state index contributed by atoms with van der Waals surface area (Å²) < 4.78 is 5.91. The Hall–Kier alpha value is -2.10. The zero-order valence-corrected chi connectivity index (χ0v) is 12.9. The van der Waals surface area contributed by atoms with Gasteiger partial charge in [-0.1, -0.05) is 23.7 Å². The van der Waals surface area contributed by atoms with Gasteiger partial charge in [-0.05, 0) is 28.1 Å². The van der Waals surface area contributed by atoms with Crippen LogP contribution in [0.25, 0.3) is 0 Å². The van der Waals surface area contributed by atoms with E-state index in [2.05, 4.69) is 15.9 Å². The molecule has 0 fully saturated rings. The van der Waals surface area contributed by atoms with Crippen molar-refractivity contribution >= 4 is 33.2 Å². The Labute approximate surface area is 134 Å². The molecule has 0 amide bonds. The van der Waals surface area contributed by atoms with E-state index in [0.29, 0.717) is 26.4 Å². The van der Waals surface area contributed by atoms with Crippen LogP contribution in [0.4, 0.5) is 5.69 Å². The first-order valence-electron chi connectivity index (χ1n) is 5.77. The second kappa shape index (κ2) is 6.57. The van der Waals surface area contributed by atoms with E-state index in [1.165, 1.54) is 12.1 Å². The fraction of sp³-hybridized carbons (Fsp3) is 0.0714. The molecule has 0 saturated heterocycles. The minimum atomic E-state index is -0.478. The number of benzene rings is 2. The Kier molecular flexibility index (Phi) is 4.78. The van der Waals surface area contributed by atoms with Gasteiger partial charge in [0, 0.05) is 22.7 Å². The lowest BCUT2D eigenvalue weighted by Gasteiger charge is -2.09. The molecule has 0 radical (unpaired) electrons. The average molecular weight is 368 g/mol. The van der Waals surface area contributed by atoms with E-state index in [1.54, 1.807) is 24.3 Å². The van der Waals surface area contributed by atoms with Crippen molar-refractivity contribution in [3.63, 3.8) is 0 Å². The van der Waals surface area contributed by atoms with Gasteiger partial charge >= 0.3 is 0 Å². The summed E-state index contributed by atoms with van der Waals surface area (Å²) in [6, 6.07) is 11.4. The summed E-state index contributed by atoms with van der Waals surface area (Å²) in [7, 11) is 0. The van der Waals surface area contributed by atoms with E-state index in [0.717, 1.165) is 0 Å². The van der Waals surface area contributed by atoms with Gasteiger partial charge in [-0.15, -0.1) is 0 Å². The molecular formula is C14H8BrClN2O3. The van der Waals surface area contributed by atoms with Crippen LogP contribution < -0.4 is 4.74 Å². The van der Waals surface area contributed by atoms with Crippen LogP contribution in [0.5, 0.6) is 5.75 Å². The van der Waals surface area contributed by atoms with Crippen LogP contribution >= 0.6 is 27.5 Å². The smallest absolute Gasteiger partial charge is 0.283 e. The highest BCUT2D eigenvalue weighted by molar-refractivity contribution is 9.10. The lowest BCUT2D eigenvalue weighted by molar-refractivity contribution is -0.385. The van der Waals surface area contributed by atoms with Crippen molar-refractivity contribution < 1.29 is 9.66 Å². The second-order valence-corrected chi connectivity index (χ2v) is 5.28. The normalized spacial score (nSPS) is 9.95. The molecule has 0 unspecified atom stereocenters. The van der Waals surface area contributed by atoms with Crippen molar-refractivity contribution in [2.45, 2.75) is 6.61 Å². The number of hydrogen-bond donors (Lipinski definition) is 0. The lowest BCUT2D eigenvalue weighted by atomic mass is 10.2. The van der Waals surface area contributed by atoms with Crippen LogP contribution in [-0.4, -0.2) is 4.92 Å². The topological polar surface area (TPSA) is 76.2 Å². The van der Waals surface area contributed by atoms with E-state index in [4.69, 9.17) is 21.6 Å². The predicted molar refractivity (Wildman–Crippen MR) is 81.3 cm³/mol. The van der Waals surface area contributed by atoms with E-state index in [1.807, 2.05) is 6.07 Å². The molecular weight excluding hydrogens is 360 g/mol. The minimum absolute atomic E-state index is 0.0392. The Morgan fingerprint density at radius 2 is 2.14 bits per heavy atom. The quantitative estimate of drug-likeness (QED) is 0.590. The molecule has 21 heavy (non-hydrogen) atoms. The third-order valence-corrected chi connectivity index (χ3v) is 3.85. The summed E-state index contributed by atoms with van der Waals surface area (Å²) in [5, 5.41) is 20.3. The first-order chi connectivity index (χ1) is 10.0. The summed E-state index contributed by atoms with van der Waals surface area (Å²) in [6.07, 6.45) is 0. The number of nitrogens with zero attached hydrogens (tertiary/aromatic N) is 2. The zero-order valence-electron chi connectivity index (χ0n) is 10.5. The fourth-order valence-electron chi connectivity index (χ4n) is 1.68. The molecule has 0 saturated carbocycles. The number of nitro benzene ring substituents is 1. The zero-order chi connectivity index (χ0) is 15.4. The highest BCUT2D eigenvalue weighted by Gasteiger charge is 2.15. The van der Waals surface area contributed by atoms with Gasteiger partial charge in [0.1, 0.15) is 22.9 Å². The molecule has 0 aromatic heterocycles. The molecule has 0 N–H and O–H groups in total. The van der Waals surface area contributed by atoms with Crippen molar-refractivity contribution in [1.29, 1.82) is 5.26 Å². The van der Waals surface area contributed by atoms with Crippen molar-refractivity contribution in [3.8, 4) is 11.8 Å². The van der Waals surface area contributed by atoms with Crippen LogP contribution in [0.1, 0.15) is 11.1 Å². The van der Waals surface area contributed by atoms with Crippen LogP contribution in [0, 0.1) is 21.4 Å². The molecule has 0 aliphatic carbocycles. The molecule has 0 heterocycles. The summed E-state index contributed by atoms with van der Waals surface area (Å²) in [6.45, 7) is 0.0806. The molecule has 5 nitrogen and oxygen atoms in total. The summed E-state index contributed by atoms with van der Waals surface area (Å²) in [4.78, 5) is 10.4. The van der Waals surface area contributed by atoms with Gasteiger partial charge in [-0.25, -0.2) is 0 Å². The number of halogens is 2. The molecule has 0 spiro atoms. The van der Waals surface area contributed by atoms with Crippen molar-refractivity contribution in [2.75, 3.05) is 0 Å². The third kappa shape index (κ3) is 3.51. The maximum Gasteiger partial charge on any atom is 0.283 e. The molecule has 0 bridgehead atoms. The Morgan fingerprint density at radius 1 is 1.38 bits per heavy atom. The minimum Gasteiger partial charge on any atom is -0.487 e. The van der Waals surface area contributed by atoms with Crippen LogP contribution in [0.3, 0.4) is 0 Å². The Bertz CT molecular complexity index is 743. The average Bonchev–Trinajstić information content (AvgIpc) is 2.46. The van der Waals surface area contributed by atoms with Gasteiger partial charge in [0.25, 0.3) is 5.69 Å². The van der Waals surface area contributed by atoms with Gasteiger partial charge in [0.2, 0.25) is 0 Å². The van der Waals surface area contributed by atoms with E-state index >= 15 is 0 Å². The summed E-state index contributed by atoms with van der Waals surface area (Å²) in [5.41, 5.74) is 0.914. The molecule has 2 aromatic rings. The largest absolute Gasteiger partial charge is 0.487 e. The van der Waals surface area contributed by atoms with Crippen LogP contribution in [0.2, 0.25) is 5.02 Å². The van der Waals surface area contributed by atoms with Crippen LogP contribution in [0.15, 0.2) is 40.9 Å². The van der Waals surface area contributed by atoms with Gasteiger partial charge in [-0.3, -0.25) is 10.1 Å². The highest BCUT2D eigenvalue weighted by atomic mass is 79.9. The SMILES string of the molecule is N#Cc1ccc(Cl)cc1OCc1cccc([N+](=O)[O-])c1Br. The van der Waals surface area contributed by atoms with E-state index in [9.17, 15) is 10.1 Å². The summed E-state index contributed by atoms with van der Waals surface area (Å²) in [5.74, 6) is 0.336. The molecule has 2 aromatic carbocycles. The third-order valence-electron chi connectivity index (χ3n) is 2.70. The molecule has 2 rings (SSSR count). The van der Waals surface area contributed by atoms with Gasteiger partial charge in [0.15, 0.2) is 0 Å². The fourth-order valence-corrected chi connectivity index (χ4v) is 2.37. The molecule has 0 aliphatic rings. The van der Waals surface area contributed by atoms with Gasteiger partial charge < -0.3 is 4.74 Å². The highest BCUT2D eigenvalue weighted by Crippen LogP contribution is 2.30.